The first kappa shape index (κ1) is 16.0. The average molecular weight is 322 g/mol. The standard InChI is InChI=1S/C12H8F6N4/c1-19-8-2-6(3-20-9(8)11(13,14)15)7-4-21-10(22-5-7)12(16,17)18/h2-5,19H,1H3. The van der Waals surface area contributed by atoms with Gasteiger partial charge in [-0.3, -0.25) is 0 Å². The Labute approximate surface area is 120 Å². The molecule has 0 radical (unpaired) electrons. The summed E-state index contributed by atoms with van der Waals surface area (Å²) >= 11 is 0. The van der Waals surface area contributed by atoms with Crippen molar-refractivity contribution in [1.29, 1.82) is 0 Å². The second kappa shape index (κ2) is 5.43. The fourth-order valence-corrected chi connectivity index (χ4v) is 1.66. The number of rotatable bonds is 2. The van der Waals surface area contributed by atoms with Crippen molar-refractivity contribution in [1.82, 2.24) is 15.0 Å². The van der Waals surface area contributed by atoms with Crippen LogP contribution < -0.4 is 5.32 Å². The van der Waals surface area contributed by atoms with Crippen molar-refractivity contribution in [2.75, 3.05) is 12.4 Å². The molecule has 0 atom stereocenters. The van der Waals surface area contributed by atoms with Crippen LogP contribution in [0.25, 0.3) is 11.1 Å². The number of anilines is 1. The topological polar surface area (TPSA) is 50.7 Å². The van der Waals surface area contributed by atoms with Gasteiger partial charge in [0.1, 0.15) is 0 Å². The van der Waals surface area contributed by atoms with Gasteiger partial charge in [0.05, 0.1) is 5.69 Å². The summed E-state index contributed by atoms with van der Waals surface area (Å²) in [4.78, 5) is 9.60. The minimum absolute atomic E-state index is 0.116. The van der Waals surface area contributed by atoms with Gasteiger partial charge in [-0.2, -0.15) is 26.3 Å². The Balaban J connectivity index is 2.42. The van der Waals surface area contributed by atoms with Crippen LogP contribution in [0.3, 0.4) is 0 Å². The van der Waals surface area contributed by atoms with E-state index in [1.165, 1.54) is 7.05 Å². The summed E-state index contributed by atoms with van der Waals surface area (Å²) in [5.74, 6) is -1.33. The molecular formula is C12H8F6N4. The highest BCUT2D eigenvalue weighted by atomic mass is 19.4. The van der Waals surface area contributed by atoms with Gasteiger partial charge in [0.25, 0.3) is 0 Å². The highest BCUT2D eigenvalue weighted by molar-refractivity contribution is 5.67. The Hall–Kier alpha value is -2.39. The van der Waals surface area contributed by atoms with Crippen molar-refractivity contribution in [2.45, 2.75) is 12.4 Å². The quantitative estimate of drug-likeness (QED) is 0.858. The second-order valence-electron chi connectivity index (χ2n) is 4.16. The van der Waals surface area contributed by atoms with Crippen LogP contribution in [0.5, 0.6) is 0 Å². The molecule has 0 aliphatic carbocycles. The van der Waals surface area contributed by atoms with Crippen molar-refractivity contribution in [3.8, 4) is 11.1 Å². The molecule has 0 unspecified atom stereocenters. The maximum Gasteiger partial charge on any atom is 0.451 e. The normalized spacial score (nSPS) is 12.3. The summed E-state index contributed by atoms with van der Waals surface area (Å²) in [5.41, 5.74) is -1.15. The number of nitrogens with zero attached hydrogens (tertiary/aromatic N) is 3. The smallest absolute Gasteiger partial charge is 0.386 e. The van der Waals surface area contributed by atoms with Gasteiger partial charge in [-0.25, -0.2) is 15.0 Å². The van der Waals surface area contributed by atoms with E-state index in [0.29, 0.717) is 0 Å². The summed E-state index contributed by atoms with van der Waals surface area (Å²) in [6, 6.07) is 1.11. The minimum atomic E-state index is -4.69. The van der Waals surface area contributed by atoms with E-state index in [1.807, 2.05) is 0 Å². The number of pyridine rings is 1. The van der Waals surface area contributed by atoms with Crippen LogP contribution in [-0.4, -0.2) is 22.0 Å². The fraction of sp³-hybridized carbons (Fsp3) is 0.250. The van der Waals surface area contributed by atoms with Gasteiger partial charge >= 0.3 is 12.4 Å². The summed E-state index contributed by atoms with van der Waals surface area (Å²) in [6.07, 6.45) is -6.69. The first-order valence-electron chi connectivity index (χ1n) is 5.77. The van der Waals surface area contributed by atoms with Crippen molar-refractivity contribution in [3.05, 3.63) is 36.2 Å². The molecule has 0 saturated heterocycles. The summed E-state index contributed by atoms with van der Waals surface area (Å²) in [5, 5.41) is 2.34. The van der Waals surface area contributed by atoms with Crippen LogP contribution in [-0.2, 0) is 12.4 Å². The Morgan fingerprint density at radius 2 is 1.36 bits per heavy atom. The highest BCUT2D eigenvalue weighted by Gasteiger charge is 2.36. The molecule has 0 saturated carbocycles. The van der Waals surface area contributed by atoms with E-state index in [1.54, 1.807) is 0 Å². The fourth-order valence-electron chi connectivity index (χ4n) is 1.66. The lowest BCUT2D eigenvalue weighted by molar-refractivity contribution is -0.145. The van der Waals surface area contributed by atoms with Gasteiger partial charge in [0.2, 0.25) is 5.82 Å². The summed E-state index contributed by atoms with van der Waals surface area (Å²) in [6.45, 7) is 0. The van der Waals surface area contributed by atoms with Crippen molar-refractivity contribution in [3.63, 3.8) is 0 Å². The predicted octanol–water partition coefficient (Wildman–Crippen LogP) is 3.62. The number of nitrogens with one attached hydrogen (secondary N) is 1. The highest BCUT2D eigenvalue weighted by Crippen LogP contribution is 2.35. The molecule has 4 nitrogen and oxygen atoms in total. The summed E-state index contributed by atoms with van der Waals surface area (Å²) < 4.78 is 75.2. The van der Waals surface area contributed by atoms with Crippen LogP contribution in [0.4, 0.5) is 32.0 Å². The molecule has 2 rings (SSSR count). The van der Waals surface area contributed by atoms with E-state index in [2.05, 4.69) is 20.3 Å². The molecule has 0 fully saturated rings. The van der Waals surface area contributed by atoms with Gasteiger partial charge in [-0.1, -0.05) is 0 Å². The lowest BCUT2D eigenvalue weighted by Crippen LogP contribution is -2.12. The molecular weight excluding hydrogens is 314 g/mol. The zero-order valence-corrected chi connectivity index (χ0v) is 10.9. The molecule has 22 heavy (non-hydrogen) atoms. The van der Waals surface area contributed by atoms with Crippen molar-refractivity contribution in [2.24, 2.45) is 0 Å². The molecule has 10 heteroatoms. The molecule has 1 N–H and O–H groups in total. The third-order valence-corrected chi connectivity index (χ3v) is 2.66. The number of aromatic nitrogens is 3. The van der Waals surface area contributed by atoms with E-state index < -0.39 is 23.9 Å². The van der Waals surface area contributed by atoms with E-state index >= 15 is 0 Å². The number of hydrogen-bond donors (Lipinski definition) is 1. The van der Waals surface area contributed by atoms with Crippen molar-refractivity contribution >= 4 is 5.69 Å². The molecule has 0 aromatic carbocycles. The van der Waals surface area contributed by atoms with Crippen LogP contribution in [0, 0.1) is 0 Å². The van der Waals surface area contributed by atoms with Gasteiger partial charge in [-0.15, -0.1) is 0 Å². The Morgan fingerprint density at radius 1 is 0.818 bits per heavy atom. The number of alkyl halides is 6. The molecule has 0 spiro atoms. The molecule has 118 valence electrons. The molecule has 0 aliphatic heterocycles. The Morgan fingerprint density at radius 3 is 1.82 bits per heavy atom. The first-order chi connectivity index (χ1) is 10.1. The van der Waals surface area contributed by atoms with E-state index in [4.69, 9.17) is 0 Å². The third-order valence-electron chi connectivity index (χ3n) is 2.66. The lowest BCUT2D eigenvalue weighted by Gasteiger charge is -2.13. The average Bonchev–Trinajstić information content (AvgIpc) is 2.45. The lowest BCUT2D eigenvalue weighted by atomic mass is 10.1. The predicted molar refractivity (Wildman–Crippen MR) is 64.8 cm³/mol. The molecule has 0 amide bonds. The molecule has 0 bridgehead atoms. The van der Waals surface area contributed by atoms with Gasteiger partial charge in [-0.05, 0) is 6.07 Å². The van der Waals surface area contributed by atoms with Gasteiger partial charge in [0, 0.05) is 36.8 Å². The van der Waals surface area contributed by atoms with E-state index in [9.17, 15) is 26.3 Å². The van der Waals surface area contributed by atoms with Crippen molar-refractivity contribution < 1.29 is 26.3 Å². The first-order valence-corrected chi connectivity index (χ1v) is 5.77. The molecule has 2 aromatic rings. The Kier molecular flexibility index (Phi) is 3.94. The van der Waals surface area contributed by atoms with Crippen LogP contribution in [0.1, 0.15) is 11.5 Å². The molecule has 2 aromatic heterocycles. The van der Waals surface area contributed by atoms with Gasteiger partial charge < -0.3 is 5.32 Å². The minimum Gasteiger partial charge on any atom is -0.386 e. The van der Waals surface area contributed by atoms with Gasteiger partial charge in [0.15, 0.2) is 5.69 Å². The zero-order chi connectivity index (χ0) is 16.5. The third kappa shape index (κ3) is 3.26. The monoisotopic (exact) mass is 322 g/mol. The number of hydrogen-bond acceptors (Lipinski definition) is 4. The zero-order valence-electron chi connectivity index (χ0n) is 10.9. The van der Waals surface area contributed by atoms with E-state index in [-0.39, 0.29) is 16.8 Å². The maximum atomic E-state index is 12.7. The van der Waals surface area contributed by atoms with Crippen LogP contribution in [0.15, 0.2) is 24.7 Å². The molecule has 2 heterocycles. The Bertz CT molecular complexity index is 663. The van der Waals surface area contributed by atoms with E-state index in [0.717, 1.165) is 24.7 Å². The maximum absolute atomic E-state index is 12.7. The van der Waals surface area contributed by atoms with Crippen LogP contribution >= 0.6 is 0 Å². The number of halogens is 6. The largest absolute Gasteiger partial charge is 0.451 e. The second-order valence-corrected chi connectivity index (χ2v) is 4.16. The SMILES string of the molecule is CNc1cc(-c2cnc(C(F)(F)F)nc2)cnc1C(F)(F)F. The summed E-state index contributed by atoms with van der Waals surface area (Å²) in [7, 11) is 1.28. The van der Waals surface area contributed by atoms with Crippen LogP contribution in [0.2, 0.25) is 0 Å². The molecule has 0 aliphatic rings.